The molecule has 0 unspecified atom stereocenters. The van der Waals surface area contributed by atoms with Gasteiger partial charge in [0.2, 0.25) is 15.9 Å². The number of benzene rings is 1. The summed E-state index contributed by atoms with van der Waals surface area (Å²) >= 11 is 0. The van der Waals surface area contributed by atoms with Gasteiger partial charge in [0.25, 0.3) is 0 Å². The van der Waals surface area contributed by atoms with Gasteiger partial charge >= 0.3 is 0 Å². The van der Waals surface area contributed by atoms with Crippen LogP contribution in [0, 0.1) is 6.92 Å². The van der Waals surface area contributed by atoms with E-state index in [1.165, 1.54) is 13.1 Å². The molecule has 0 radical (unpaired) electrons. The van der Waals surface area contributed by atoms with Gasteiger partial charge in [-0.25, -0.2) is 13.1 Å². The fourth-order valence-corrected chi connectivity index (χ4v) is 2.45. The van der Waals surface area contributed by atoms with Gasteiger partial charge in [-0.1, -0.05) is 17.3 Å². The lowest BCUT2D eigenvalue weighted by Crippen LogP contribution is -2.20. The minimum Gasteiger partial charge on any atom is -0.375 e. The van der Waals surface area contributed by atoms with Gasteiger partial charge in [0.1, 0.15) is 4.90 Å². The smallest absolute Gasteiger partial charge is 0.245 e. The highest BCUT2D eigenvalue weighted by molar-refractivity contribution is 7.89. The predicted octanol–water partition coefficient (Wildman–Crippen LogP) is 0.898. The van der Waals surface area contributed by atoms with Gasteiger partial charge in [0, 0.05) is 0 Å². The van der Waals surface area contributed by atoms with Gasteiger partial charge in [-0.2, -0.15) is 4.98 Å². The molecule has 0 saturated carbocycles. The summed E-state index contributed by atoms with van der Waals surface area (Å²) in [7, 11) is -2.14. The zero-order chi connectivity index (χ0) is 13.9. The van der Waals surface area contributed by atoms with Crippen molar-refractivity contribution >= 4 is 15.7 Å². The molecule has 1 aromatic carbocycles. The van der Waals surface area contributed by atoms with Gasteiger partial charge in [-0.05, 0) is 26.1 Å². The number of hydrogen-bond acceptors (Lipinski definition) is 6. The molecule has 8 heteroatoms. The molecule has 0 atom stereocenters. The zero-order valence-electron chi connectivity index (χ0n) is 10.5. The van der Waals surface area contributed by atoms with Crippen LogP contribution in [0.25, 0.3) is 0 Å². The second-order valence-corrected chi connectivity index (χ2v) is 5.65. The van der Waals surface area contributed by atoms with Crippen molar-refractivity contribution in [2.45, 2.75) is 18.4 Å². The number of para-hydroxylation sites is 1. The molecule has 2 rings (SSSR count). The normalized spacial score (nSPS) is 11.5. The van der Waals surface area contributed by atoms with Crippen LogP contribution in [0.4, 0.5) is 5.69 Å². The van der Waals surface area contributed by atoms with Crippen molar-refractivity contribution in [1.82, 2.24) is 14.9 Å². The van der Waals surface area contributed by atoms with Crippen molar-refractivity contribution in [3.63, 3.8) is 0 Å². The topological polar surface area (TPSA) is 97.1 Å². The molecule has 1 heterocycles. The molecule has 0 spiro atoms. The molecule has 0 fully saturated rings. The molecule has 2 N–H and O–H groups in total. The SMILES string of the molecule is CNS(=O)(=O)c1ccccc1NCc1nc(C)no1. The summed E-state index contributed by atoms with van der Waals surface area (Å²) in [6.07, 6.45) is 0. The second-order valence-electron chi connectivity index (χ2n) is 3.79. The van der Waals surface area contributed by atoms with Gasteiger partial charge in [-0.15, -0.1) is 0 Å². The maximum absolute atomic E-state index is 11.8. The Hall–Kier alpha value is -1.93. The lowest BCUT2D eigenvalue weighted by Gasteiger charge is -2.10. The monoisotopic (exact) mass is 282 g/mol. The number of hydrogen-bond donors (Lipinski definition) is 2. The Balaban J connectivity index is 2.21. The molecular formula is C11H14N4O3S. The Kier molecular flexibility index (Phi) is 3.82. The summed E-state index contributed by atoms with van der Waals surface area (Å²) < 4.78 is 30.9. The molecule has 0 saturated heterocycles. The Bertz CT molecular complexity index is 666. The standard InChI is InChI=1S/C11H14N4O3S/c1-8-14-11(18-15-8)7-13-9-5-3-4-6-10(9)19(16,17)12-2/h3-6,12-13H,7H2,1-2H3. The maximum Gasteiger partial charge on any atom is 0.245 e. The Morgan fingerprint density at radius 2 is 2.05 bits per heavy atom. The van der Waals surface area contributed by atoms with Gasteiger partial charge in [0.05, 0.1) is 12.2 Å². The first-order chi connectivity index (χ1) is 9.03. The summed E-state index contributed by atoms with van der Waals surface area (Å²) in [6, 6.07) is 6.60. The second kappa shape index (κ2) is 5.37. The number of aromatic nitrogens is 2. The number of sulfonamides is 1. The van der Waals surface area contributed by atoms with Gasteiger partial charge < -0.3 is 9.84 Å². The Labute approximate surface area is 111 Å². The summed E-state index contributed by atoms with van der Waals surface area (Å²) in [6.45, 7) is 1.98. The summed E-state index contributed by atoms with van der Waals surface area (Å²) in [4.78, 5) is 4.21. The highest BCUT2D eigenvalue weighted by Gasteiger charge is 2.16. The Morgan fingerprint density at radius 3 is 2.68 bits per heavy atom. The van der Waals surface area contributed by atoms with E-state index >= 15 is 0 Å². The molecule has 0 aliphatic carbocycles. The maximum atomic E-state index is 11.8. The third-order valence-corrected chi connectivity index (χ3v) is 3.92. The van der Waals surface area contributed by atoms with Gasteiger partial charge in [-0.3, -0.25) is 0 Å². The van der Waals surface area contributed by atoms with Crippen molar-refractivity contribution in [2.24, 2.45) is 0 Å². The molecular weight excluding hydrogens is 268 g/mol. The summed E-state index contributed by atoms with van der Waals surface area (Å²) in [5.41, 5.74) is 0.479. The average Bonchev–Trinajstić information content (AvgIpc) is 2.82. The number of nitrogens with one attached hydrogen (secondary N) is 2. The first-order valence-corrected chi connectivity index (χ1v) is 7.07. The van der Waals surface area contributed by atoms with E-state index in [0.717, 1.165) is 0 Å². The van der Waals surface area contributed by atoms with Crippen LogP contribution < -0.4 is 10.0 Å². The molecule has 0 amide bonds. The van der Waals surface area contributed by atoms with E-state index in [9.17, 15) is 8.42 Å². The van der Waals surface area contributed by atoms with E-state index in [0.29, 0.717) is 17.4 Å². The molecule has 1 aromatic heterocycles. The highest BCUT2D eigenvalue weighted by atomic mass is 32.2. The first kappa shape index (κ1) is 13.5. The van der Waals surface area contributed by atoms with E-state index in [1.807, 2.05) is 0 Å². The summed E-state index contributed by atoms with van der Waals surface area (Å²) in [5, 5.41) is 6.63. The highest BCUT2D eigenvalue weighted by Crippen LogP contribution is 2.20. The molecule has 7 nitrogen and oxygen atoms in total. The van der Waals surface area contributed by atoms with Crippen molar-refractivity contribution in [3.8, 4) is 0 Å². The molecule has 0 aliphatic heterocycles. The van der Waals surface area contributed by atoms with Crippen LogP contribution >= 0.6 is 0 Å². The van der Waals surface area contributed by atoms with Crippen molar-refractivity contribution in [1.29, 1.82) is 0 Å². The lowest BCUT2D eigenvalue weighted by molar-refractivity contribution is 0.379. The van der Waals surface area contributed by atoms with E-state index in [2.05, 4.69) is 20.2 Å². The molecule has 0 aliphatic rings. The third kappa shape index (κ3) is 3.09. The molecule has 19 heavy (non-hydrogen) atoms. The van der Waals surface area contributed by atoms with E-state index in [1.54, 1.807) is 25.1 Å². The van der Waals surface area contributed by atoms with Crippen LogP contribution in [0.5, 0.6) is 0 Å². The molecule has 2 aromatic rings. The van der Waals surface area contributed by atoms with Crippen LogP contribution in [0.3, 0.4) is 0 Å². The van der Waals surface area contributed by atoms with Crippen LogP contribution in [0.2, 0.25) is 0 Å². The van der Waals surface area contributed by atoms with E-state index in [4.69, 9.17) is 4.52 Å². The van der Waals surface area contributed by atoms with Crippen molar-refractivity contribution in [2.75, 3.05) is 12.4 Å². The van der Waals surface area contributed by atoms with Crippen LogP contribution in [-0.4, -0.2) is 25.6 Å². The fraction of sp³-hybridized carbons (Fsp3) is 0.273. The number of nitrogens with zero attached hydrogens (tertiary/aromatic N) is 2. The first-order valence-electron chi connectivity index (χ1n) is 5.58. The van der Waals surface area contributed by atoms with Crippen LogP contribution in [0.1, 0.15) is 11.7 Å². The number of aryl methyl sites for hydroxylation is 1. The van der Waals surface area contributed by atoms with Gasteiger partial charge in [0.15, 0.2) is 5.82 Å². The largest absolute Gasteiger partial charge is 0.375 e. The fourth-order valence-electron chi connectivity index (χ4n) is 1.54. The number of rotatable bonds is 5. The Morgan fingerprint density at radius 1 is 1.32 bits per heavy atom. The quantitative estimate of drug-likeness (QED) is 0.845. The average molecular weight is 282 g/mol. The third-order valence-electron chi connectivity index (χ3n) is 2.45. The minimum absolute atomic E-state index is 0.175. The molecule has 0 bridgehead atoms. The molecule has 102 valence electrons. The van der Waals surface area contributed by atoms with Crippen molar-refractivity contribution in [3.05, 3.63) is 36.0 Å². The van der Waals surface area contributed by atoms with E-state index < -0.39 is 10.0 Å². The van der Waals surface area contributed by atoms with Crippen LogP contribution in [-0.2, 0) is 16.6 Å². The van der Waals surface area contributed by atoms with Crippen LogP contribution in [0.15, 0.2) is 33.7 Å². The zero-order valence-corrected chi connectivity index (χ0v) is 11.4. The minimum atomic E-state index is -3.51. The predicted molar refractivity (Wildman–Crippen MR) is 69.0 cm³/mol. The van der Waals surface area contributed by atoms with E-state index in [-0.39, 0.29) is 11.4 Å². The van der Waals surface area contributed by atoms with Crippen molar-refractivity contribution < 1.29 is 12.9 Å². The summed E-state index contributed by atoms with van der Waals surface area (Å²) in [5.74, 6) is 0.932. The number of anilines is 1. The lowest BCUT2D eigenvalue weighted by atomic mass is 10.3.